The fourth-order valence-electron chi connectivity index (χ4n) is 3.30. The van der Waals surface area contributed by atoms with Crippen LogP contribution >= 0.6 is 0 Å². The summed E-state index contributed by atoms with van der Waals surface area (Å²) in [5, 5.41) is 5.16. The highest BCUT2D eigenvalue weighted by Gasteiger charge is 2.22. The Hall–Kier alpha value is -2.03. The van der Waals surface area contributed by atoms with Crippen molar-refractivity contribution in [1.82, 2.24) is 5.32 Å². The van der Waals surface area contributed by atoms with Gasteiger partial charge >= 0.3 is 0 Å². The maximum absolute atomic E-state index is 12.4. The Morgan fingerprint density at radius 2 is 1.95 bits per heavy atom. The van der Waals surface area contributed by atoms with Gasteiger partial charge in [-0.3, -0.25) is 4.79 Å². The molecular weight excluding hydrogens is 260 g/mol. The molecule has 3 N–H and O–H groups in total. The minimum absolute atomic E-state index is 0.0576. The summed E-state index contributed by atoms with van der Waals surface area (Å²) in [7, 11) is 0. The number of hydrogen-bond donors (Lipinski definition) is 2. The second-order valence-electron chi connectivity index (χ2n) is 6.28. The number of benzene rings is 2. The van der Waals surface area contributed by atoms with Crippen molar-refractivity contribution in [1.29, 1.82) is 0 Å². The van der Waals surface area contributed by atoms with Crippen LogP contribution in [0.3, 0.4) is 0 Å². The molecule has 21 heavy (non-hydrogen) atoms. The topological polar surface area (TPSA) is 55.1 Å². The monoisotopic (exact) mass is 282 g/mol. The lowest BCUT2D eigenvalue weighted by Crippen LogP contribution is -2.29. The third-order valence-corrected chi connectivity index (χ3v) is 4.52. The molecule has 2 atom stereocenters. The molecule has 0 radical (unpaired) electrons. The number of nitrogens with two attached hydrogens (primary N) is 1. The first-order chi connectivity index (χ1) is 10.1. The van der Waals surface area contributed by atoms with E-state index in [1.165, 1.54) is 19.3 Å². The average molecular weight is 282 g/mol. The Morgan fingerprint density at radius 1 is 1.24 bits per heavy atom. The molecule has 0 aliphatic heterocycles. The van der Waals surface area contributed by atoms with Gasteiger partial charge in [0.25, 0.3) is 5.91 Å². The SMILES string of the molecule is CC1CCC(CNC(=O)c2cc3ccccc3cc2N)C1. The fraction of sp³-hybridized carbons (Fsp3) is 0.389. The molecule has 1 fully saturated rings. The van der Waals surface area contributed by atoms with Crippen LogP contribution in [-0.4, -0.2) is 12.5 Å². The van der Waals surface area contributed by atoms with E-state index < -0.39 is 0 Å². The predicted molar refractivity (Wildman–Crippen MR) is 87.2 cm³/mol. The summed E-state index contributed by atoms with van der Waals surface area (Å²) in [6.07, 6.45) is 3.71. The molecule has 0 spiro atoms. The van der Waals surface area contributed by atoms with Gasteiger partial charge in [-0.15, -0.1) is 0 Å². The lowest BCUT2D eigenvalue weighted by atomic mass is 10.0. The van der Waals surface area contributed by atoms with Gasteiger partial charge in [-0.2, -0.15) is 0 Å². The zero-order chi connectivity index (χ0) is 14.8. The summed E-state index contributed by atoms with van der Waals surface area (Å²) >= 11 is 0. The number of amides is 1. The van der Waals surface area contributed by atoms with Crippen LogP contribution in [0, 0.1) is 11.8 Å². The van der Waals surface area contributed by atoms with Crippen molar-refractivity contribution >= 4 is 22.4 Å². The molecule has 3 heteroatoms. The van der Waals surface area contributed by atoms with Crippen LogP contribution in [0.15, 0.2) is 36.4 Å². The molecule has 2 aromatic carbocycles. The number of carbonyl (C=O) groups excluding carboxylic acids is 1. The van der Waals surface area contributed by atoms with E-state index in [0.29, 0.717) is 17.2 Å². The van der Waals surface area contributed by atoms with E-state index in [1.807, 2.05) is 36.4 Å². The molecule has 1 aliphatic rings. The van der Waals surface area contributed by atoms with Crippen molar-refractivity contribution in [3.8, 4) is 0 Å². The van der Waals surface area contributed by atoms with E-state index in [-0.39, 0.29) is 5.91 Å². The van der Waals surface area contributed by atoms with Crippen LogP contribution in [0.5, 0.6) is 0 Å². The number of rotatable bonds is 3. The zero-order valence-electron chi connectivity index (χ0n) is 12.4. The molecule has 3 nitrogen and oxygen atoms in total. The molecule has 1 saturated carbocycles. The molecule has 2 aromatic rings. The van der Waals surface area contributed by atoms with Crippen molar-refractivity contribution in [2.45, 2.75) is 26.2 Å². The van der Waals surface area contributed by atoms with E-state index in [4.69, 9.17) is 5.73 Å². The third kappa shape index (κ3) is 3.02. The molecule has 2 unspecified atom stereocenters. The summed E-state index contributed by atoms with van der Waals surface area (Å²) in [6.45, 7) is 3.04. The van der Waals surface area contributed by atoms with Crippen LogP contribution in [0.2, 0.25) is 0 Å². The molecule has 110 valence electrons. The molecule has 0 aromatic heterocycles. The van der Waals surface area contributed by atoms with E-state index >= 15 is 0 Å². The smallest absolute Gasteiger partial charge is 0.253 e. The largest absolute Gasteiger partial charge is 0.398 e. The number of nitrogen functional groups attached to an aromatic ring is 1. The molecular formula is C18H22N2O. The van der Waals surface area contributed by atoms with Crippen molar-refractivity contribution < 1.29 is 4.79 Å². The van der Waals surface area contributed by atoms with Gasteiger partial charge in [0.05, 0.1) is 5.56 Å². The lowest BCUT2D eigenvalue weighted by molar-refractivity contribution is 0.0948. The van der Waals surface area contributed by atoms with Crippen LogP contribution in [0.1, 0.15) is 36.5 Å². The Balaban J connectivity index is 1.73. The molecule has 3 rings (SSSR count). The third-order valence-electron chi connectivity index (χ3n) is 4.52. The zero-order valence-corrected chi connectivity index (χ0v) is 12.4. The van der Waals surface area contributed by atoms with Crippen LogP contribution in [0.25, 0.3) is 10.8 Å². The highest BCUT2D eigenvalue weighted by atomic mass is 16.1. The molecule has 1 amide bonds. The summed E-state index contributed by atoms with van der Waals surface area (Å²) in [5.74, 6) is 1.35. The van der Waals surface area contributed by atoms with Crippen molar-refractivity contribution in [3.05, 3.63) is 42.0 Å². The average Bonchev–Trinajstić information content (AvgIpc) is 2.89. The van der Waals surface area contributed by atoms with Crippen LogP contribution in [0.4, 0.5) is 5.69 Å². The number of nitrogens with one attached hydrogen (secondary N) is 1. The summed E-state index contributed by atoms with van der Waals surface area (Å²) in [5.41, 5.74) is 7.16. The minimum Gasteiger partial charge on any atom is -0.398 e. The standard InChI is InChI=1S/C18H22N2O/c1-12-6-7-13(8-12)11-20-18(21)16-9-14-4-2-3-5-15(14)10-17(16)19/h2-5,9-10,12-13H,6-8,11,19H2,1H3,(H,20,21). The molecule has 0 bridgehead atoms. The molecule has 0 saturated heterocycles. The molecule has 1 aliphatic carbocycles. The number of carbonyl (C=O) groups is 1. The first-order valence-corrected chi connectivity index (χ1v) is 7.70. The normalized spacial score (nSPS) is 21.6. The van der Waals surface area contributed by atoms with E-state index in [0.717, 1.165) is 23.2 Å². The maximum Gasteiger partial charge on any atom is 0.253 e. The quantitative estimate of drug-likeness (QED) is 0.845. The van der Waals surface area contributed by atoms with Gasteiger partial charge in [0.1, 0.15) is 0 Å². The van der Waals surface area contributed by atoms with E-state index in [9.17, 15) is 4.79 Å². The van der Waals surface area contributed by atoms with Crippen molar-refractivity contribution in [2.75, 3.05) is 12.3 Å². The van der Waals surface area contributed by atoms with Gasteiger partial charge in [0, 0.05) is 12.2 Å². The first-order valence-electron chi connectivity index (χ1n) is 7.70. The first kappa shape index (κ1) is 13.9. The van der Waals surface area contributed by atoms with Crippen LogP contribution in [-0.2, 0) is 0 Å². The number of anilines is 1. The maximum atomic E-state index is 12.4. The van der Waals surface area contributed by atoms with Gasteiger partial charge in [0.15, 0.2) is 0 Å². The highest BCUT2D eigenvalue weighted by Crippen LogP contribution is 2.29. The van der Waals surface area contributed by atoms with E-state index in [1.54, 1.807) is 0 Å². The Kier molecular flexibility index (Phi) is 3.82. The summed E-state index contributed by atoms with van der Waals surface area (Å²) in [6, 6.07) is 11.7. The predicted octanol–water partition coefficient (Wildman–Crippen LogP) is 3.59. The number of hydrogen-bond acceptors (Lipinski definition) is 2. The van der Waals surface area contributed by atoms with Crippen molar-refractivity contribution in [2.24, 2.45) is 11.8 Å². The van der Waals surface area contributed by atoms with Gasteiger partial charge in [-0.25, -0.2) is 0 Å². The fourth-order valence-corrected chi connectivity index (χ4v) is 3.30. The second kappa shape index (κ2) is 5.76. The van der Waals surface area contributed by atoms with Crippen LogP contribution < -0.4 is 11.1 Å². The summed E-state index contributed by atoms with van der Waals surface area (Å²) in [4.78, 5) is 12.4. The lowest BCUT2D eigenvalue weighted by Gasteiger charge is -2.13. The Labute approximate surface area is 125 Å². The Bertz CT molecular complexity index is 665. The van der Waals surface area contributed by atoms with Crippen molar-refractivity contribution in [3.63, 3.8) is 0 Å². The van der Waals surface area contributed by atoms with Gasteiger partial charge in [0.2, 0.25) is 0 Å². The minimum atomic E-state index is -0.0576. The van der Waals surface area contributed by atoms with Gasteiger partial charge < -0.3 is 11.1 Å². The van der Waals surface area contributed by atoms with E-state index in [2.05, 4.69) is 12.2 Å². The van der Waals surface area contributed by atoms with Gasteiger partial charge in [-0.05, 0) is 47.6 Å². The second-order valence-corrected chi connectivity index (χ2v) is 6.28. The summed E-state index contributed by atoms with van der Waals surface area (Å²) < 4.78 is 0. The molecule has 0 heterocycles. The van der Waals surface area contributed by atoms with Gasteiger partial charge in [-0.1, -0.05) is 37.6 Å². The Morgan fingerprint density at radius 3 is 2.62 bits per heavy atom. The number of fused-ring (bicyclic) bond motifs is 1. The highest BCUT2D eigenvalue weighted by molar-refractivity contribution is 6.03.